The van der Waals surface area contributed by atoms with Gasteiger partial charge in [-0.2, -0.15) is 0 Å². The Hall–Kier alpha value is -1.12. The van der Waals surface area contributed by atoms with Gasteiger partial charge in [0.25, 0.3) is 0 Å². The number of nitrogens with two attached hydrogens (primary N) is 1. The van der Waals surface area contributed by atoms with Crippen LogP contribution in [0.1, 0.15) is 13.3 Å². The molecule has 0 saturated carbocycles. The Morgan fingerprint density at radius 3 is 2.75 bits per heavy atom. The van der Waals surface area contributed by atoms with E-state index in [-0.39, 0.29) is 6.42 Å². The zero-order valence-electron chi connectivity index (χ0n) is 6.96. The number of hydrogen-bond donors (Lipinski definition) is 1. The SMILES string of the molecule is CCC1(F)C=CC=CC1C(N)=O. The molecule has 66 valence electrons. The van der Waals surface area contributed by atoms with Crippen molar-refractivity contribution in [1.29, 1.82) is 0 Å². The summed E-state index contributed by atoms with van der Waals surface area (Å²) < 4.78 is 13.8. The number of alkyl halides is 1. The highest BCUT2D eigenvalue weighted by atomic mass is 19.1. The van der Waals surface area contributed by atoms with Crippen molar-refractivity contribution < 1.29 is 9.18 Å². The van der Waals surface area contributed by atoms with Crippen LogP contribution in [0.15, 0.2) is 24.3 Å². The lowest BCUT2D eigenvalue weighted by Crippen LogP contribution is -2.39. The van der Waals surface area contributed by atoms with Gasteiger partial charge in [-0.3, -0.25) is 4.79 Å². The van der Waals surface area contributed by atoms with Gasteiger partial charge in [-0.05, 0) is 12.5 Å². The average Bonchev–Trinajstić information content (AvgIpc) is 2.05. The first kappa shape index (κ1) is 8.97. The van der Waals surface area contributed by atoms with E-state index in [4.69, 9.17) is 5.73 Å². The molecule has 0 spiro atoms. The van der Waals surface area contributed by atoms with Gasteiger partial charge in [0.05, 0.1) is 5.92 Å². The standard InChI is InChI=1S/C9H12FNO/c1-2-9(10)6-4-3-5-7(9)8(11)12/h3-7H,2H2,1H3,(H2,11,12). The maximum Gasteiger partial charge on any atom is 0.227 e. The van der Waals surface area contributed by atoms with Crippen molar-refractivity contribution in [3.8, 4) is 0 Å². The van der Waals surface area contributed by atoms with E-state index in [1.54, 1.807) is 19.1 Å². The molecule has 0 bridgehead atoms. The minimum absolute atomic E-state index is 0.265. The Kier molecular flexibility index (Phi) is 2.31. The number of allylic oxidation sites excluding steroid dienone is 3. The van der Waals surface area contributed by atoms with Gasteiger partial charge < -0.3 is 5.73 Å². The Bertz CT molecular complexity index is 247. The summed E-state index contributed by atoms with van der Waals surface area (Å²) in [5, 5.41) is 0. The van der Waals surface area contributed by atoms with E-state index >= 15 is 0 Å². The summed E-state index contributed by atoms with van der Waals surface area (Å²) in [4.78, 5) is 10.8. The Balaban J connectivity index is 2.92. The molecule has 0 aromatic heterocycles. The third-order valence-corrected chi connectivity index (χ3v) is 2.15. The molecule has 2 atom stereocenters. The molecule has 0 fully saturated rings. The summed E-state index contributed by atoms with van der Waals surface area (Å²) in [5.41, 5.74) is 3.47. The van der Waals surface area contributed by atoms with Gasteiger partial charge in [-0.15, -0.1) is 0 Å². The van der Waals surface area contributed by atoms with Gasteiger partial charge in [0, 0.05) is 0 Å². The van der Waals surface area contributed by atoms with Crippen LogP contribution in [0.25, 0.3) is 0 Å². The number of amides is 1. The van der Waals surface area contributed by atoms with E-state index in [2.05, 4.69) is 0 Å². The van der Waals surface area contributed by atoms with Crippen LogP contribution in [-0.4, -0.2) is 11.6 Å². The first-order valence-electron chi connectivity index (χ1n) is 3.94. The zero-order valence-corrected chi connectivity index (χ0v) is 6.96. The van der Waals surface area contributed by atoms with Crippen LogP contribution in [0.2, 0.25) is 0 Å². The third kappa shape index (κ3) is 1.40. The van der Waals surface area contributed by atoms with Crippen molar-refractivity contribution in [1.82, 2.24) is 0 Å². The Morgan fingerprint density at radius 1 is 1.67 bits per heavy atom. The summed E-state index contributed by atoms with van der Waals surface area (Å²) in [5.74, 6) is -1.42. The highest BCUT2D eigenvalue weighted by Gasteiger charge is 2.38. The molecular formula is C9H12FNO. The van der Waals surface area contributed by atoms with Crippen molar-refractivity contribution in [3.05, 3.63) is 24.3 Å². The van der Waals surface area contributed by atoms with E-state index in [0.29, 0.717) is 0 Å². The van der Waals surface area contributed by atoms with Gasteiger partial charge in [-0.25, -0.2) is 4.39 Å². The van der Waals surface area contributed by atoms with Crippen molar-refractivity contribution in [2.24, 2.45) is 11.7 Å². The molecule has 1 aliphatic rings. The number of hydrogen-bond acceptors (Lipinski definition) is 1. The highest BCUT2D eigenvalue weighted by Crippen LogP contribution is 2.31. The maximum atomic E-state index is 13.8. The molecule has 0 aromatic carbocycles. The van der Waals surface area contributed by atoms with Crippen LogP contribution in [0, 0.1) is 5.92 Å². The molecular weight excluding hydrogens is 157 g/mol. The summed E-state index contributed by atoms with van der Waals surface area (Å²) in [6.45, 7) is 1.69. The number of carbonyl (C=O) groups excluding carboxylic acids is 1. The molecule has 0 heterocycles. The lowest BCUT2D eigenvalue weighted by molar-refractivity contribution is -0.123. The molecule has 0 aliphatic heterocycles. The largest absolute Gasteiger partial charge is 0.369 e. The van der Waals surface area contributed by atoms with Crippen LogP contribution in [0.3, 0.4) is 0 Å². The van der Waals surface area contributed by atoms with Gasteiger partial charge in [-0.1, -0.05) is 25.2 Å². The van der Waals surface area contributed by atoms with Crippen molar-refractivity contribution in [2.45, 2.75) is 19.0 Å². The summed E-state index contributed by atoms with van der Waals surface area (Å²) >= 11 is 0. The molecule has 1 aliphatic carbocycles. The summed E-state index contributed by atoms with van der Waals surface area (Å²) in [7, 11) is 0. The quantitative estimate of drug-likeness (QED) is 0.665. The van der Waals surface area contributed by atoms with Crippen LogP contribution < -0.4 is 5.73 Å². The lowest BCUT2D eigenvalue weighted by Gasteiger charge is -2.27. The average molecular weight is 169 g/mol. The molecule has 0 radical (unpaired) electrons. The number of carbonyl (C=O) groups is 1. The fourth-order valence-electron chi connectivity index (χ4n) is 1.32. The van der Waals surface area contributed by atoms with Gasteiger partial charge in [0.15, 0.2) is 0 Å². The predicted molar refractivity (Wildman–Crippen MR) is 45.1 cm³/mol. The Labute approximate surface area is 70.9 Å². The third-order valence-electron chi connectivity index (χ3n) is 2.15. The molecule has 3 heteroatoms. The fourth-order valence-corrected chi connectivity index (χ4v) is 1.32. The topological polar surface area (TPSA) is 43.1 Å². The number of halogens is 1. The molecule has 0 aromatic rings. The molecule has 12 heavy (non-hydrogen) atoms. The Morgan fingerprint density at radius 2 is 2.33 bits per heavy atom. The molecule has 2 unspecified atom stereocenters. The lowest BCUT2D eigenvalue weighted by atomic mass is 9.83. The van der Waals surface area contributed by atoms with E-state index in [1.165, 1.54) is 12.2 Å². The van der Waals surface area contributed by atoms with Crippen molar-refractivity contribution in [3.63, 3.8) is 0 Å². The highest BCUT2D eigenvalue weighted by molar-refractivity contribution is 5.80. The molecule has 0 saturated heterocycles. The van der Waals surface area contributed by atoms with Gasteiger partial charge in [0.1, 0.15) is 5.67 Å². The number of primary amides is 1. The monoisotopic (exact) mass is 169 g/mol. The van der Waals surface area contributed by atoms with Gasteiger partial charge in [0.2, 0.25) is 5.91 Å². The summed E-state index contributed by atoms with van der Waals surface area (Å²) in [6, 6.07) is 0. The van der Waals surface area contributed by atoms with Crippen LogP contribution in [0.4, 0.5) is 4.39 Å². The van der Waals surface area contributed by atoms with E-state index < -0.39 is 17.5 Å². The molecule has 2 N–H and O–H groups in total. The van der Waals surface area contributed by atoms with Gasteiger partial charge >= 0.3 is 0 Å². The minimum atomic E-state index is -1.58. The van der Waals surface area contributed by atoms with Crippen molar-refractivity contribution in [2.75, 3.05) is 0 Å². The van der Waals surface area contributed by atoms with Crippen LogP contribution >= 0.6 is 0 Å². The first-order chi connectivity index (χ1) is 5.60. The van der Waals surface area contributed by atoms with Crippen molar-refractivity contribution >= 4 is 5.91 Å². The zero-order chi connectivity index (χ0) is 9.19. The number of rotatable bonds is 2. The van der Waals surface area contributed by atoms with E-state index in [9.17, 15) is 9.18 Å². The van der Waals surface area contributed by atoms with Crippen LogP contribution in [0.5, 0.6) is 0 Å². The van der Waals surface area contributed by atoms with E-state index in [0.717, 1.165) is 0 Å². The second-order valence-electron chi connectivity index (χ2n) is 2.90. The van der Waals surface area contributed by atoms with Crippen LogP contribution in [-0.2, 0) is 4.79 Å². The fraction of sp³-hybridized carbons (Fsp3) is 0.444. The molecule has 1 amide bonds. The summed E-state index contributed by atoms with van der Waals surface area (Å²) in [6.07, 6.45) is 6.40. The molecule has 2 nitrogen and oxygen atoms in total. The second kappa shape index (κ2) is 3.09. The minimum Gasteiger partial charge on any atom is -0.369 e. The van der Waals surface area contributed by atoms with E-state index in [1.807, 2.05) is 0 Å². The first-order valence-corrected chi connectivity index (χ1v) is 3.94. The maximum absolute atomic E-state index is 13.8. The molecule has 1 rings (SSSR count). The smallest absolute Gasteiger partial charge is 0.227 e. The predicted octanol–water partition coefficient (Wildman–Crippen LogP) is 1.33. The normalized spacial score (nSPS) is 33.7. The second-order valence-corrected chi connectivity index (χ2v) is 2.90.